The number of ketones is 1. The second-order valence-corrected chi connectivity index (χ2v) is 6.44. The van der Waals surface area contributed by atoms with Crippen molar-refractivity contribution in [2.45, 2.75) is 32.6 Å². The van der Waals surface area contributed by atoms with Crippen molar-refractivity contribution in [3.63, 3.8) is 0 Å². The highest BCUT2D eigenvalue weighted by Crippen LogP contribution is 2.26. The highest BCUT2D eigenvalue weighted by Gasteiger charge is 2.28. The second-order valence-electron chi connectivity index (χ2n) is 5.22. The summed E-state index contributed by atoms with van der Waals surface area (Å²) >= 11 is 1.99. The molecule has 0 radical (unpaired) electrons. The summed E-state index contributed by atoms with van der Waals surface area (Å²) in [5.74, 6) is 3.59. The van der Waals surface area contributed by atoms with E-state index in [1.807, 2.05) is 23.6 Å². The number of carbonyl (C=O) groups excluding carboxylic acids is 2. The van der Waals surface area contributed by atoms with E-state index in [2.05, 4.69) is 0 Å². The minimum atomic E-state index is 0.0367. The average Bonchev–Trinajstić information content (AvgIpc) is 2.34. The Labute approximate surface area is 107 Å². The summed E-state index contributed by atoms with van der Waals surface area (Å²) < 4.78 is 0. The Morgan fingerprint density at radius 2 is 2.12 bits per heavy atom. The van der Waals surface area contributed by atoms with Crippen LogP contribution in [-0.2, 0) is 9.59 Å². The van der Waals surface area contributed by atoms with Crippen molar-refractivity contribution in [1.82, 2.24) is 4.90 Å². The maximum atomic E-state index is 12.1. The molecular weight excluding hydrogens is 234 g/mol. The zero-order chi connectivity index (χ0) is 12.3. The van der Waals surface area contributed by atoms with Crippen LogP contribution in [0.15, 0.2) is 0 Å². The van der Waals surface area contributed by atoms with Crippen LogP contribution < -0.4 is 0 Å². The summed E-state index contributed by atoms with van der Waals surface area (Å²) in [6, 6.07) is 0. The van der Waals surface area contributed by atoms with Crippen LogP contribution in [0, 0.1) is 11.8 Å². The summed E-state index contributed by atoms with van der Waals surface area (Å²) in [6.45, 7) is 3.21. The quantitative estimate of drug-likeness (QED) is 0.757. The molecule has 0 bridgehead atoms. The number of Topliss-reactive ketones (excluding diaryl/α,β-unsaturated/α-hetero) is 1. The largest absolute Gasteiger partial charge is 0.342 e. The number of piperidine rings is 1. The van der Waals surface area contributed by atoms with Gasteiger partial charge in [-0.15, -0.1) is 0 Å². The highest BCUT2D eigenvalue weighted by molar-refractivity contribution is 7.99. The number of rotatable bonds is 2. The Bertz CT molecular complexity index is 300. The fourth-order valence-electron chi connectivity index (χ4n) is 2.57. The van der Waals surface area contributed by atoms with Crippen molar-refractivity contribution in [1.29, 1.82) is 0 Å². The molecule has 0 aliphatic carbocycles. The molecular formula is C13H21NO2S. The van der Waals surface area contributed by atoms with E-state index in [4.69, 9.17) is 0 Å². The average molecular weight is 255 g/mol. The standard InChI is InChI=1S/C13H21NO2S/c1-10-9-14(5-2-12(10)15)13(16)8-11-3-6-17-7-4-11/h10-11H,2-9H2,1H3. The van der Waals surface area contributed by atoms with Gasteiger partial charge in [0.15, 0.2) is 0 Å². The van der Waals surface area contributed by atoms with Gasteiger partial charge in [-0.1, -0.05) is 6.92 Å². The monoisotopic (exact) mass is 255 g/mol. The predicted octanol–water partition coefficient (Wildman–Crippen LogP) is 1.96. The molecule has 0 aromatic heterocycles. The van der Waals surface area contributed by atoms with E-state index in [1.165, 1.54) is 24.3 Å². The molecule has 0 aromatic carbocycles. The molecule has 2 rings (SSSR count). The lowest BCUT2D eigenvalue weighted by Crippen LogP contribution is -2.43. The number of amides is 1. The molecule has 0 spiro atoms. The van der Waals surface area contributed by atoms with Gasteiger partial charge >= 0.3 is 0 Å². The van der Waals surface area contributed by atoms with Gasteiger partial charge in [-0.25, -0.2) is 0 Å². The molecule has 0 saturated carbocycles. The van der Waals surface area contributed by atoms with Crippen molar-refractivity contribution >= 4 is 23.5 Å². The first-order chi connectivity index (χ1) is 8.16. The van der Waals surface area contributed by atoms with Gasteiger partial charge in [0.2, 0.25) is 5.91 Å². The summed E-state index contributed by atoms with van der Waals surface area (Å²) in [6.07, 6.45) is 3.60. The molecule has 0 N–H and O–H groups in total. The number of likely N-dealkylation sites (tertiary alicyclic amines) is 1. The number of nitrogens with zero attached hydrogens (tertiary/aromatic N) is 1. The van der Waals surface area contributed by atoms with E-state index in [1.54, 1.807) is 0 Å². The first-order valence-corrected chi connectivity index (χ1v) is 7.70. The van der Waals surface area contributed by atoms with Crippen LogP contribution >= 0.6 is 11.8 Å². The van der Waals surface area contributed by atoms with Gasteiger partial charge in [-0.2, -0.15) is 11.8 Å². The molecule has 1 atom stereocenters. The van der Waals surface area contributed by atoms with Crippen molar-refractivity contribution in [2.24, 2.45) is 11.8 Å². The number of hydrogen-bond acceptors (Lipinski definition) is 3. The van der Waals surface area contributed by atoms with E-state index < -0.39 is 0 Å². The lowest BCUT2D eigenvalue weighted by Gasteiger charge is -2.32. The van der Waals surface area contributed by atoms with E-state index in [0.29, 0.717) is 37.6 Å². The third-order valence-electron chi connectivity index (χ3n) is 3.83. The van der Waals surface area contributed by atoms with Crippen molar-refractivity contribution in [3.05, 3.63) is 0 Å². The van der Waals surface area contributed by atoms with Gasteiger partial charge in [0.1, 0.15) is 5.78 Å². The van der Waals surface area contributed by atoms with E-state index in [0.717, 1.165) is 0 Å². The Morgan fingerprint density at radius 3 is 2.76 bits per heavy atom. The third-order valence-corrected chi connectivity index (χ3v) is 4.88. The van der Waals surface area contributed by atoms with Crippen LogP contribution in [-0.4, -0.2) is 41.2 Å². The Morgan fingerprint density at radius 1 is 1.41 bits per heavy atom. The van der Waals surface area contributed by atoms with E-state index in [9.17, 15) is 9.59 Å². The lowest BCUT2D eigenvalue weighted by molar-refractivity contribution is -0.137. The van der Waals surface area contributed by atoms with Gasteiger partial charge in [0.05, 0.1) is 0 Å². The first kappa shape index (κ1) is 12.9. The predicted molar refractivity (Wildman–Crippen MR) is 70.0 cm³/mol. The molecule has 4 heteroatoms. The van der Waals surface area contributed by atoms with Crippen LogP contribution in [0.4, 0.5) is 0 Å². The highest BCUT2D eigenvalue weighted by atomic mass is 32.2. The molecule has 1 unspecified atom stereocenters. The van der Waals surface area contributed by atoms with Crippen molar-refractivity contribution in [3.8, 4) is 0 Å². The lowest BCUT2D eigenvalue weighted by atomic mass is 9.95. The van der Waals surface area contributed by atoms with Gasteiger partial charge < -0.3 is 4.90 Å². The Kier molecular flexibility index (Phi) is 4.48. The summed E-state index contributed by atoms with van der Waals surface area (Å²) in [5, 5.41) is 0. The zero-order valence-electron chi connectivity index (χ0n) is 10.5. The molecule has 2 aliphatic rings. The molecule has 96 valence electrons. The van der Waals surface area contributed by atoms with Crippen LogP contribution in [0.1, 0.15) is 32.6 Å². The molecule has 0 aromatic rings. The number of hydrogen-bond donors (Lipinski definition) is 0. The number of thioether (sulfide) groups is 1. The minimum absolute atomic E-state index is 0.0367. The summed E-state index contributed by atoms with van der Waals surface area (Å²) in [7, 11) is 0. The molecule has 3 nitrogen and oxygen atoms in total. The van der Waals surface area contributed by atoms with Crippen LogP contribution in [0.3, 0.4) is 0 Å². The normalized spacial score (nSPS) is 27.2. The maximum Gasteiger partial charge on any atom is 0.222 e. The zero-order valence-corrected chi connectivity index (χ0v) is 11.3. The maximum absolute atomic E-state index is 12.1. The number of carbonyl (C=O) groups is 2. The molecule has 17 heavy (non-hydrogen) atoms. The minimum Gasteiger partial charge on any atom is -0.342 e. The second kappa shape index (κ2) is 5.89. The molecule has 2 aliphatic heterocycles. The Balaban J connectivity index is 1.81. The first-order valence-electron chi connectivity index (χ1n) is 6.55. The van der Waals surface area contributed by atoms with Crippen LogP contribution in [0.5, 0.6) is 0 Å². The SMILES string of the molecule is CC1CN(C(=O)CC2CCSCC2)CCC1=O. The molecule has 2 saturated heterocycles. The van der Waals surface area contributed by atoms with Crippen molar-refractivity contribution in [2.75, 3.05) is 24.6 Å². The van der Waals surface area contributed by atoms with E-state index >= 15 is 0 Å². The van der Waals surface area contributed by atoms with Gasteiger partial charge in [-0.05, 0) is 30.3 Å². The van der Waals surface area contributed by atoms with Crippen molar-refractivity contribution < 1.29 is 9.59 Å². The summed E-state index contributed by atoms with van der Waals surface area (Å²) in [4.78, 5) is 25.4. The van der Waals surface area contributed by atoms with Crippen LogP contribution in [0.25, 0.3) is 0 Å². The topological polar surface area (TPSA) is 37.4 Å². The van der Waals surface area contributed by atoms with Gasteiger partial charge in [0, 0.05) is 31.8 Å². The fourth-order valence-corrected chi connectivity index (χ4v) is 3.77. The van der Waals surface area contributed by atoms with E-state index in [-0.39, 0.29) is 11.8 Å². The smallest absolute Gasteiger partial charge is 0.222 e. The van der Waals surface area contributed by atoms with Gasteiger partial charge in [0.25, 0.3) is 0 Å². The Hall–Kier alpha value is -0.510. The molecule has 2 heterocycles. The molecule has 1 amide bonds. The third kappa shape index (κ3) is 3.47. The summed E-state index contributed by atoms with van der Waals surface area (Å²) in [5.41, 5.74) is 0. The fraction of sp³-hybridized carbons (Fsp3) is 0.846. The van der Waals surface area contributed by atoms with Crippen LogP contribution in [0.2, 0.25) is 0 Å². The molecule has 2 fully saturated rings. The van der Waals surface area contributed by atoms with Gasteiger partial charge in [-0.3, -0.25) is 9.59 Å².